The predicted octanol–water partition coefficient (Wildman–Crippen LogP) is 3.63. The Labute approximate surface area is 182 Å². The minimum Gasteiger partial charge on any atom is -0.497 e. The van der Waals surface area contributed by atoms with E-state index in [1.54, 1.807) is 32.4 Å². The van der Waals surface area contributed by atoms with E-state index in [-0.39, 0.29) is 15.5 Å². The van der Waals surface area contributed by atoms with Crippen LogP contribution in [0, 0.1) is 0 Å². The lowest BCUT2D eigenvalue weighted by atomic mass is 10.1. The van der Waals surface area contributed by atoms with Crippen molar-refractivity contribution in [1.29, 1.82) is 0 Å². The van der Waals surface area contributed by atoms with E-state index in [4.69, 9.17) is 21.1 Å². The number of halogens is 1. The summed E-state index contributed by atoms with van der Waals surface area (Å²) in [5.74, 6) is 0.830. The molecule has 0 saturated carbocycles. The highest BCUT2D eigenvalue weighted by Crippen LogP contribution is 2.31. The number of methoxy groups -OCH3 is 2. The van der Waals surface area contributed by atoms with E-state index in [2.05, 4.69) is 5.32 Å². The van der Waals surface area contributed by atoms with Crippen LogP contribution >= 0.6 is 11.6 Å². The number of benzene rings is 2. The number of ether oxygens (including phenoxy) is 2. The Morgan fingerprint density at radius 2 is 1.80 bits per heavy atom. The zero-order valence-corrected chi connectivity index (χ0v) is 18.7. The molecule has 1 atom stereocenters. The average Bonchev–Trinajstić information content (AvgIpc) is 3.29. The van der Waals surface area contributed by atoms with Crippen LogP contribution in [0.15, 0.2) is 41.3 Å². The maximum atomic E-state index is 12.9. The van der Waals surface area contributed by atoms with Gasteiger partial charge in [0.05, 0.1) is 25.3 Å². The summed E-state index contributed by atoms with van der Waals surface area (Å²) in [5.41, 5.74) is 0.954. The number of amides is 1. The third-order valence-corrected chi connectivity index (χ3v) is 7.51. The van der Waals surface area contributed by atoms with Crippen molar-refractivity contribution < 1.29 is 22.7 Å². The Hall–Kier alpha value is -2.29. The van der Waals surface area contributed by atoms with Crippen molar-refractivity contribution in [3.63, 3.8) is 0 Å². The number of nitrogens with zero attached hydrogens (tertiary/aromatic N) is 1. The van der Waals surface area contributed by atoms with Gasteiger partial charge in [0.2, 0.25) is 10.0 Å². The van der Waals surface area contributed by atoms with Crippen molar-refractivity contribution in [1.82, 2.24) is 9.62 Å². The number of nitrogens with one attached hydrogen (secondary N) is 1. The van der Waals surface area contributed by atoms with Crippen LogP contribution in [0.4, 0.5) is 0 Å². The lowest BCUT2D eigenvalue weighted by molar-refractivity contribution is 0.0939. The summed E-state index contributed by atoms with van der Waals surface area (Å²) in [7, 11) is -0.630. The summed E-state index contributed by atoms with van der Waals surface area (Å²) < 4.78 is 37.9. The highest BCUT2D eigenvalue weighted by molar-refractivity contribution is 7.89. The number of carbonyl (C=O) groups is 1. The molecule has 1 aliphatic heterocycles. The zero-order valence-electron chi connectivity index (χ0n) is 17.1. The fourth-order valence-electron chi connectivity index (χ4n) is 3.45. The third-order valence-electron chi connectivity index (χ3n) is 5.13. The lowest BCUT2D eigenvalue weighted by Crippen LogP contribution is -2.29. The van der Waals surface area contributed by atoms with Crippen molar-refractivity contribution in [2.24, 2.45) is 0 Å². The summed E-state index contributed by atoms with van der Waals surface area (Å²) in [4.78, 5) is 12.8. The maximum absolute atomic E-state index is 12.9. The molecule has 0 bridgehead atoms. The first-order valence-corrected chi connectivity index (χ1v) is 11.4. The molecule has 3 rings (SSSR count). The molecule has 162 valence electrons. The van der Waals surface area contributed by atoms with Gasteiger partial charge in [-0.05, 0) is 56.2 Å². The van der Waals surface area contributed by atoms with E-state index in [1.165, 1.54) is 22.5 Å². The van der Waals surface area contributed by atoms with Gasteiger partial charge >= 0.3 is 0 Å². The molecule has 30 heavy (non-hydrogen) atoms. The van der Waals surface area contributed by atoms with E-state index in [9.17, 15) is 13.2 Å². The predicted molar refractivity (Wildman–Crippen MR) is 115 cm³/mol. The van der Waals surface area contributed by atoms with Gasteiger partial charge in [0, 0.05) is 24.2 Å². The fourth-order valence-corrected chi connectivity index (χ4v) is 5.46. The first kappa shape index (κ1) is 22.4. The minimum atomic E-state index is -3.74. The Morgan fingerprint density at radius 3 is 2.43 bits per heavy atom. The van der Waals surface area contributed by atoms with Crippen molar-refractivity contribution in [3.8, 4) is 11.5 Å². The number of carbonyl (C=O) groups excluding carboxylic acids is 1. The smallest absolute Gasteiger partial charge is 0.251 e. The summed E-state index contributed by atoms with van der Waals surface area (Å²) in [6.45, 7) is 2.73. The number of hydrogen-bond donors (Lipinski definition) is 1. The number of sulfonamides is 1. The average molecular weight is 453 g/mol. The number of rotatable bonds is 7. The Morgan fingerprint density at radius 1 is 1.10 bits per heavy atom. The first-order chi connectivity index (χ1) is 14.3. The van der Waals surface area contributed by atoms with Crippen LogP contribution in [0.3, 0.4) is 0 Å². The SMILES string of the molecule is COc1ccc(OC)c([C@@H](C)NC(=O)c2ccc(Cl)c(S(=O)(=O)N3CCCC3)c2)c1. The van der Waals surface area contributed by atoms with Crippen molar-refractivity contribution >= 4 is 27.5 Å². The molecular weight excluding hydrogens is 428 g/mol. The first-order valence-electron chi connectivity index (χ1n) is 9.60. The zero-order chi connectivity index (χ0) is 21.9. The third kappa shape index (κ3) is 4.55. The molecule has 9 heteroatoms. The summed E-state index contributed by atoms with van der Waals surface area (Å²) >= 11 is 6.17. The van der Waals surface area contributed by atoms with Crippen LogP contribution < -0.4 is 14.8 Å². The van der Waals surface area contributed by atoms with Gasteiger partial charge in [-0.15, -0.1) is 0 Å². The monoisotopic (exact) mass is 452 g/mol. The summed E-state index contributed by atoms with van der Waals surface area (Å²) in [6, 6.07) is 9.20. The summed E-state index contributed by atoms with van der Waals surface area (Å²) in [6.07, 6.45) is 1.63. The standard InChI is InChI=1S/C21H25ClN2O5S/c1-14(17-13-16(28-2)7-9-19(17)29-3)23-21(25)15-6-8-18(22)20(12-15)30(26,27)24-10-4-5-11-24/h6-9,12-14H,4-5,10-11H2,1-3H3,(H,23,25)/t14-/m1/s1. The van der Waals surface area contributed by atoms with Crippen LogP contribution in [-0.2, 0) is 10.0 Å². The fraction of sp³-hybridized carbons (Fsp3) is 0.381. The van der Waals surface area contributed by atoms with Gasteiger partial charge in [-0.2, -0.15) is 4.31 Å². The second kappa shape index (κ2) is 9.24. The topological polar surface area (TPSA) is 84.9 Å². The van der Waals surface area contributed by atoms with Gasteiger partial charge in [-0.25, -0.2) is 8.42 Å². The van der Waals surface area contributed by atoms with Gasteiger partial charge in [0.1, 0.15) is 16.4 Å². The largest absolute Gasteiger partial charge is 0.497 e. The molecule has 0 spiro atoms. The van der Waals surface area contributed by atoms with E-state index in [0.29, 0.717) is 24.6 Å². The van der Waals surface area contributed by atoms with Crippen LogP contribution in [0.1, 0.15) is 41.7 Å². The molecule has 1 amide bonds. The van der Waals surface area contributed by atoms with E-state index in [0.717, 1.165) is 18.4 Å². The van der Waals surface area contributed by atoms with Crippen LogP contribution in [0.2, 0.25) is 5.02 Å². The molecule has 1 aliphatic rings. The molecule has 7 nitrogen and oxygen atoms in total. The van der Waals surface area contributed by atoms with Crippen molar-refractivity contribution in [2.45, 2.75) is 30.7 Å². The highest BCUT2D eigenvalue weighted by Gasteiger charge is 2.30. The highest BCUT2D eigenvalue weighted by atomic mass is 35.5. The van der Waals surface area contributed by atoms with Gasteiger partial charge in [0.15, 0.2) is 0 Å². The molecule has 1 saturated heterocycles. The Kier molecular flexibility index (Phi) is 6.90. The van der Waals surface area contributed by atoms with Gasteiger partial charge in [0.25, 0.3) is 5.91 Å². The molecule has 1 N–H and O–H groups in total. The molecule has 0 aromatic heterocycles. The molecule has 1 fully saturated rings. The van der Waals surface area contributed by atoms with Crippen LogP contribution in [0.25, 0.3) is 0 Å². The molecule has 2 aromatic rings. The van der Waals surface area contributed by atoms with Gasteiger partial charge < -0.3 is 14.8 Å². The van der Waals surface area contributed by atoms with Crippen LogP contribution in [-0.4, -0.2) is 45.9 Å². The quantitative estimate of drug-likeness (QED) is 0.693. The molecule has 0 radical (unpaired) electrons. The molecule has 2 aromatic carbocycles. The second-order valence-electron chi connectivity index (χ2n) is 7.06. The Balaban J connectivity index is 1.86. The molecule has 1 heterocycles. The van der Waals surface area contributed by atoms with Gasteiger partial charge in [-0.1, -0.05) is 11.6 Å². The Bertz CT molecular complexity index is 1040. The molecule has 0 unspecified atom stereocenters. The lowest BCUT2D eigenvalue weighted by Gasteiger charge is -2.19. The van der Waals surface area contributed by atoms with E-state index >= 15 is 0 Å². The minimum absolute atomic E-state index is 0.0506. The van der Waals surface area contributed by atoms with Gasteiger partial charge in [-0.3, -0.25) is 4.79 Å². The molecular formula is C21H25ClN2O5S. The number of hydrogen-bond acceptors (Lipinski definition) is 5. The summed E-state index contributed by atoms with van der Waals surface area (Å²) in [5, 5.41) is 2.98. The van der Waals surface area contributed by atoms with Crippen molar-refractivity contribution in [2.75, 3.05) is 27.3 Å². The molecule has 0 aliphatic carbocycles. The maximum Gasteiger partial charge on any atom is 0.251 e. The normalized spacial score (nSPS) is 15.6. The second-order valence-corrected chi connectivity index (χ2v) is 9.37. The van der Waals surface area contributed by atoms with Crippen molar-refractivity contribution in [3.05, 3.63) is 52.5 Å². The van der Waals surface area contributed by atoms with E-state index in [1.807, 2.05) is 6.92 Å². The van der Waals surface area contributed by atoms with E-state index < -0.39 is 22.0 Å². The van der Waals surface area contributed by atoms with Crippen LogP contribution in [0.5, 0.6) is 11.5 Å².